The Hall–Kier alpha value is -0.570. The molecule has 1 atom stereocenters. The van der Waals surface area contributed by atoms with Crippen LogP contribution in [0.15, 0.2) is 0 Å². The molecule has 0 spiro atoms. The van der Waals surface area contributed by atoms with E-state index in [1.165, 1.54) is 0 Å². The van der Waals surface area contributed by atoms with Crippen molar-refractivity contribution in [2.45, 2.75) is 47.5 Å². The van der Waals surface area contributed by atoms with Crippen LogP contribution in [-0.4, -0.2) is 24.3 Å². The van der Waals surface area contributed by atoms with E-state index < -0.39 is 5.41 Å². The molecule has 96 valence electrons. The number of aliphatic hydroxyl groups is 1. The van der Waals surface area contributed by atoms with E-state index in [1.807, 2.05) is 6.92 Å². The molecule has 0 saturated heterocycles. The average molecular weight is 230 g/mol. The summed E-state index contributed by atoms with van der Waals surface area (Å²) < 4.78 is 5.21. The second kappa shape index (κ2) is 6.89. The number of carbonyl (C=O) groups is 1. The van der Waals surface area contributed by atoms with Crippen molar-refractivity contribution in [3.63, 3.8) is 0 Å². The van der Waals surface area contributed by atoms with Gasteiger partial charge in [-0.2, -0.15) is 0 Å². The van der Waals surface area contributed by atoms with Crippen molar-refractivity contribution in [3.05, 3.63) is 0 Å². The minimum Gasteiger partial charge on any atom is -0.465 e. The molecule has 0 radical (unpaired) electrons. The first kappa shape index (κ1) is 15.4. The van der Waals surface area contributed by atoms with Gasteiger partial charge < -0.3 is 9.84 Å². The molecular formula is C13H26O3. The Morgan fingerprint density at radius 1 is 1.31 bits per heavy atom. The number of hydrogen-bond donors (Lipinski definition) is 1. The molecule has 0 aromatic rings. The summed E-state index contributed by atoms with van der Waals surface area (Å²) in [5, 5.41) is 8.65. The van der Waals surface area contributed by atoms with Gasteiger partial charge in [-0.1, -0.05) is 27.7 Å². The third kappa shape index (κ3) is 4.52. The smallest absolute Gasteiger partial charge is 0.312 e. The lowest BCUT2D eigenvalue weighted by Crippen LogP contribution is -2.36. The maximum atomic E-state index is 12.0. The van der Waals surface area contributed by atoms with Crippen LogP contribution in [0.3, 0.4) is 0 Å². The lowest BCUT2D eigenvalue weighted by molar-refractivity contribution is -0.159. The fraction of sp³-hybridized carbons (Fsp3) is 0.923. The Morgan fingerprint density at radius 2 is 1.88 bits per heavy atom. The van der Waals surface area contributed by atoms with E-state index in [-0.39, 0.29) is 18.5 Å². The number of esters is 1. The fourth-order valence-corrected chi connectivity index (χ4v) is 1.80. The van der Waals surface area contributed by atoms with Crippen molar-refractivity contribution in [1.29, 1.82) is 0 Å². The maximum Gasteiger partial charge on any atom is 0.312 e. The summed E-state index contributed by atoms with van der Waals surface area (Å²) in [6, 6.07) is 0. The van der Waals surface area contributed by atoms with Gasteiger partial charge in [0.2, 0.25) is 0 Å². The van der Waals surface area contributed by atoms with Gasteiger partial charge in [-0.15, -0.1) is 0 Å². The molecule has 1 unspecified atom stereocenters. The summed E-state index contributed by atoms with van der Waals surface area (Å²) in [7, 11) is 0. The van der Waals surface area contributed by atoms with Gasteiger partial charge >= 0.3 is 5.97 Å². The van der Waals surface area contributed by atoms with Gasteiger partial charge in [0.15, 0.2) is 0 Å². The Labute approximate surface area is 99.2 Å². The first-order chi connectivity index (χ1) is 7.34. The molecule has 1 N–H and O–H groups in total. The number of carbonyl (C=O) groups excluding carboxylic acids is 1. The van der Waals surface area contributed by atoms with E-state index in [9.17, 15) is 4.79 Å². The van der Waals surface area contributed by atoms with Crippen LogP contribution in [0, 0.1) is 17.3 Å². The SMILES string of the molecule is CC(C)CC(C)(C(=O)OCCCO)C(C)C. The van der Waals surface area contributed by atoms with Gasteiger partial charge in [-0.05, 0) is 25.2 Å². The topological polar surface area (TPSA) is 46.5 Å². The molecule has 0 amide bonds. The molecule has 0 aliphatic heterocycles. The van der Waals surface area contributed by atoms with Gasteiger partial charge in [0.25, 0.3) is 0 Å². The van der Waals surface area contributed by atoms with E-state index in [0.717, 1.165) is 6.42 Å². The van der Waals surface area contributed by atoms with Crippen molar-refractivity contribution < 1.29 is 14.6 Å². The van der Waals surface area contributed by atoms with Crippen molar-refractivity contribution in [2.24, 2.45) is 17.3 Å². The van der Waals surface area contributed by atoms with Gasteiger partial charge in [-0.3, -0.25) is 4.79 Å². The summed E-state index contributed by atoms with van der Waals surface area (Å²) in [5.74, 6) is 0.596. The Bertz CT molecular complexity index is 211. The van der Waals surface area contributed by atoms with Crippen molar-refractivity contribution >= 4 is 5.97 Å². The van der Waals surface area contributed by atoms with Crippen LogP contribution in [0.5, 0.6) is 0 Å². The van der Waals surface area contributed by atoms with Crippen LogP contribution in [0.2, 0.25) is 0 Å². The van der Waals surface area contributed by atoms with Crippen LogP contribution in [0.1, 0.15) is 47.5 Å². The van der Waals surface area contributed by atoms with Crippen LogP contribution in [0.25, 0.3) is 0 Å². The number of rotatable bonds is 7. The summed E-state index contributed by atoms with van der Waals surface area (Å²) in [6.07, 6.45) is 1.35. The van der Waals surface area contributed by atoms with E-state index in [4.69, 9.17) is 9.84 Å². The summed E-state index contributed by atoms with van der Waals surface area (Å²) in [5.41, 5.74) is -0.413. The summed E-state index contributed by atoms with van der Waals surface area (Å²) >= 11 is 0. The molecule has 3 heteroatoms. The molecule has 16 heavy (non-hydrogen) atoms. The minimum absolute atomic E-state index is 0.0653. The summed E-state index contributed by atoms with van der Waals surface area (Å²) in [6.45, 7) is 10.7. The molecule has 0 saturated carbocycles. The molecule has 0 aliphatic rings. The van der Waals surface area contributed by atoms with E-state index in [2.05, 4.69) is 27.7 Å². The van der Waals surface area contributed by atoms with E-state index in [1.54, 1.807) is 0 Å². The van der Waals surface area contributed by atoms with Crippen molar-refractivity contribution in [1.82, 2.24) is 0 Å². The zero-order valence-electron chi connectivity index (χ0n) is 11.2. The molecule has 0 bridgehead atoms. The maximum absolute atomic E-state index is 12.0. The van der Waals surface area contributed by atoms with Gasteiger partial charge in [0.1, 0.15) is 0 Å². The van der Waals surface area contributed by atoms with Gasteiger partial charge in [-0.25, -0.2) is 0 Å². The quantitative estimate of drug-likeness (QED) is 0.540. The highest BCUT2D eigenvalue weighted by Gasteiger charge is 2.38. The normalized spacial score (nSPS) is 15.2. The van der Waals surface area contributed by atoms with Crippen molar-refractivity contribution in [3.8, 4) is 0 Å². The highest BCUT2D eigenvalue weighted by molar-refractivity contribution is 5.76. The largest absolute Gasteiger partial charge is 0.465 e. The number of hydrogen-bond acceptors (Lipinski definition) is 3. The second-order valence-electron chi connectivity index (χ2n) is 5.38. The highest BCUT2D eigenvalue weighted by atomic mass is 16.5. The lowest BCUT2D eigenvalue weighted by Gasteiger charge is -2.32. The predicted molar refractivity (Wildman–Crippen MR) is 65.1 cm³/mol. The fourth-order valence-electron chi connectivity index (χ4n) is 1.80. The zero-order valence-corrected chi connectivity index (χ0v) is 11.2. The second-order valence-corrected chi connectivity index (χ2v) is 5.38. The molecular weight excluding hydrogens is 204 g/mol. The first-order valence-electron chi connectivity index (χ1n) is 6.12. The zero-order chi connectivity index (χ0) is 12.8. The molecule has 0 aromatic heterocycles. The Balaban J connectivity index is 4.45. The van der Waals surface area contributed by atoms with Crippen molar-refractivity contribution in [2.75, 3.05) is 13.2 Å². The van der Waals surface area contributed by atoms with Crippen LogP contribution >= 0.6 is 0 Å². The van der Waals surface area contributed by atoms with Crippen LogP contribution in [0.4, 0.5) is 0 Å². The Morgan fingerprint density at radius 3 is 2.25 bits per heavy atom. The van der Waals surface area contributed by atoms with Gasteiger partial charge in [0.05, 0.1) is 12.0 Å². The highest BCUT2D eigenvalue weighted by Crippen LogP contribution is 2.35. The minimum atomic E-state index is -0.413. The third-order valence-electron chi connectivity index (χ3n) is 3.11. The molecule has 0 heterocycles. The Kier molecular flexibility index (Phi) is 6.65. The van der Waals surface area contributed by atoms with E-state index in [0.29, 0.717) is 18.9 Å². The molecule has 0 aromatic carbocycles. The van der Waals surface area contributed by atoms with Crippen LogP contribution in [-0.2, 0) is 9.53 Å². The number of aliphatic hydroxyl groups excluding tert-OH is 1. The third-order valence-corrected chi connectivity index (χ3v) is 3.11. The molecule has 0 aliphatic carbocycles. The standard InChI is InChI=1S/C13H26O3/c1-10(2)9-13(5,11(3)4)12(15)16-8-6-7-14/h10-11,14H,6-9H2,1-5H3. The summed E-state index contributed by atoms with van der Waals surface area (Å²) in [4.78, 5) is 12.0. The molecule has 3 nitrogen and oxygen atoms in total. The number of ether oxygens (including phenoxy) is 1. The first-order valence-corrected chi connectivity index (χ1v) is 6.12. The average Bonchev–Trinajstić information content (AvgIpc) is 2.16. The lowest BCUT2D eigenvalue weighted by atomic mass is 9.73. The van der Waals surface area contributed by atoms with E-state index >= 15 is 0 Å². The molecule has 0 fully saturated rings. The van der Waals surface area contributed by atoms with Gasteiger partial charge in [0, 0.05) is 13.0 Å². The van der Waals surface area contributed by atoms with Crippen LogP contribution < -0.4 is 0 Å². The molecule has 0 rings (SSSR count). The monoisotopic (exact) mass is 230 g/mol. The predicted octanol–water partition coefficient (Wildman–Crippen LogP) is 2.62.